The van der Waals surface area contributed by atoms with Gasteiger partial charge in [0.15, 0.2) is 0 Å². The van der Waals surface area contributed by atoms with Crippen molar-refractivity contribution in [3.05, 3.63) is 11.1 Å². The van der Waals surface area contributed by atoms with Crippen LogP contribution in [0.1, 0.15) is 39.2 Å². The van der Waals surface area contributed by atoms with Gasteiger partial charge in [-0.25, -0.2) is 4.68 Å². The second-order valence-electron chi connectivity index (χ2n) is 4.89. The topological polar surface area (TPSA) is 46.8 Å². The molecular weight excluding hydrogens is 202 g/mol. The van der Waals surface area contributed by atoms with Crippen LogP contribution in [0.4, 0.5) is 5.95 Å². The van der Waals surface area contributed by atoms with Gasteiger partial charge in [0, 0.05) is 13.1 Å². The minimum atomic E-state index is 0.553. The Labute approximate surface area is 95.1 Å². The number of hydrogen-bond donors (Lipinski definition) is 0. The maximum Gasteiger partial charge on any atom is 0.246 e. The molecule has 0 atom stereocenters. The lowest BCUT2D eigenvalue weighted by Crippen LogP contribution is -2.33. The molecule has 86 valence electrons. The zero-order valence-corrected chi connectivity index (χ0v) is 9.85. The molecule has 16 heavy (non-hydrogen) atoms. The summed E-state index contributed by atoms with van der Waals surface area (Å²) in [6, 6.07) is 0.553. The Morgan fingerprint density at radius 3 is 2.69 bits per heavy atom. The van der Waals surface area contributed by atoms with Crippen molar-refractivity contribution >= 4 is 5.95 Å². The molecule has 2 aliphatic rings. The summed E-state index contributed by atoms with van der Waals surface area (Å²) in [7, 11) is 0. The van der Waals surface area contributed by atoms with E-state index in [1.54, 1.807) is 0 Å². The number of nitrogens with zero attached hydrogens (tertiary/aromatic N) is 5. The SMILES string of the molecule is CC1=C(C)CN(c2nnnn2C2CC2)CC1. The van der Waals surface area contributed by atoms with Crippen LogP contribution in [0, 0.1) is 0 Å². The molecule has 3 rings (SSSR count). The number of tetrazole rings is 1. The molecule has 0 saturated heterocycles. The summed E-state index contributed by atoms with van der Waals surface area (Å²) in [5.41, 5.74) is 2.97. The van der Waals surface area contributed by atoms with Gasteiger partial charge in [-0.2, -0.15) is 0 Å². The highest BCUT2D eigenvalue weighted by Gasteiger charge is 2.30. The van der Waals surface area contributed by atoms with E-state index in [9.17, 15) is 0 Å². The molecule has 1 saturated carbocycles. The van der Waals surface area contributed by atoms with Gasteiger partial charge in [0.1, 0.15) is 0 Å². The summed E-state index contributed by atoms with van der Waals surface area (Å²) in [5, 5.41) is 12.1. The van der Waals surface area contributed by atoms with E-state index in [2.05, 4.69) is 34.3 Å². The van der Waals surface area contributed by atoms with E-state index in [1.807, 2.05) is 4.68 Å². The Morgan fingerprint density at radius 1 is 1.19 bits per heavy atom. The largest absolute Gasteiger partial charge is 0.335 e. The molecule has 1 fully saturated rings. The fraction of sp³-hybridized carbons (Fsp3) is 0.727. The van der Waals surface area contributed by atoms with Crippen molar-refractivity contribution in [1.29, 1.82) is 0 Å². The van der Waals surface area contributed by atoms with E-state index in [0.29, 0.717) is 6.04 Å². The number of rotatable bonds is 2. The Balaban J connectivity index is 1.85. The van der Waals surface area contributed by atoms with Crippen molar-refractivity contribution in [2.45, 2.75) is 39.2 Å². The first-order valence-corrected chi connectivity index (χ1v) is 5.94. The van der Waals surface area contributed by atoms with Gasteiger partial charge in [-0.1, -0.05) is 16.2 Å². The first-order valence-electron chi connectivity index (χ1n) is 5.94. The lowest BCUT2D eigenvalue weighted by Gasteiger charge is -2.28. The van der Waals surface area contributed by atoms with E-state index in [4.69, 9.17) is 0 Å². The van der Waals surface area contributed by atoms with Crippen molar-refractivity contribution in [1.82, 2.24) is 20.2 Å². The lowest BCUT2D eigenvalue weighted by molar-refractivity contribution is 0.593. The van der Waals surface area contributed by atoms with Crippen molar-refractivity contribution in [3.63, 3.8) is 0 Å². The van der Waals surface area contributed by atoms with Gasteiger partial charge in [-0.3, -0.25) is 0 Å². The molecule has 0 radical (unpaired) electrons. The predicted molar refractivity (Wildman–Crippen MR) is 61.3 cm³/mol. The third kappa shape index (κ3) is 1.60. The minimum Gasteiger partial charge on any atom is -0.335 e. The van der Waals surface area contributed by atoms with Crippen LogP contribution in [0.2, 0.25) is 0 Å². The fourth-order valence-electron chi connectivity index (χ4n) is 2.14. The smallest absolute Gasteiger partial charge is 0.246 e. The van der Waals surface area contributed by atoms with Crippen LogP contribution >= 0.6 is 0 Å². The molecule has 1 aliphatic carbocycles. The molecule has 1 aromatic rings. The molecule has 0 spiro atoms. The Morgan fingerprint density at radius 2 is 2.00 bits per heavy atom. The summed E-state index contributed by atoms with van der Waals surface area (Å²) in [4.78, 5) is 2.29. The average Bonchev–Trinajstić information content (AvgIpc) is 3.01. The number of anilines is 1. The van der Waals surface area contributed by atoms with Gasteiger partial charge in [-0.15, -0.1) is 0 Å². The lowest BCUT2D eigenvalue weighted by atomic mass is 10.0. The zero-order chi connectivity index (χ0) is 11.1. The second-order valence-corrected chi connectivity index (χ2v) is 4.89. The van der Waals surface area contributed by atoms with Crippen molar-refractivity contribution in [3.8, 4) is 0 Å². The average molecular weight is 219 g/mol. The molecule has 0 bridgehead atoms. The fourth-order valence-corrected chi connectivity index (χ4v) is 2.14. The predicted octanol–water partition coefficient (Wildman–Crippen LogP) is 1.55. The highest BCUT2D eigenvalue weighted by molar-refractivity contribution is 5.36. The molecule has 2 heterocycles. The van der Waals surface area contributed by atoms with Gasteiger partial charge >= 0.3 is 0 Å². The summed E-state index contributed by atoms with van der Waals surface area (Å²) < 4.78 is 1.99. The molecule has 0 aromatic carbocycles. The van der Waals surface area contributed by atoms with Crippen LogP contribution < -0.4 is 4.90 Å². The highest BCUT2D eigenvalue weighted by Crippen LogP contribution is 2.36. The van der Waals surface area contributed by atoms with Gasteiger partial charge in [0.05, 0.1) is 6.04 Å². The van der Waals surface area contributed by atoms with E-state index in [1.165, 1.54) is 24.0 Å². The van der Waals surface area contributed by atoms with Crippen LogP contribution in [0.25, 0.3) is 0 Å². The van der Waals surface area contributed by atoms with Crippen LogP contribution in [0.3, 0.4) is 0 Å². The summed E-state index contributed by atoms with van der Waals surface area (Å²) in [6.45, 7) is 6.43. The van der Waals surface area contributed by atoms with E-state index < -0.39 is 0 Å². The van der Waals surface area contributed by atoms with Crippen LogP contribution in [0.15, 0.2) is 11.1 Å². The zero-order valence-electron chi connectivity index (χ0n) is 9.85. The van der Waals surface area contributed by atoms with Crippen LogP contribution in [-0.2, 0) is 0 Å². The quantitative estimate of drug-likeness (QED) is 0.708. The number of hydrogen-bond acceptors (Lipinski definition) is 4. The maximum absolute atomic E-state index is 4.17. The minimum absolute atomic E-state index is 0.553. The van der Waals surface area contributed by atoms with Crippen LogP contribution in [-0.4, -0.2) is 33.3 Å². The standard InChI is InChI=1S/C11H17N5/c1-8-5-6-15(7-9(8)2)11-12-13-14-16(11)10-3-4-10/h10H,3-7H2,1-2H3. The Hall–Kier alpha value is -1.39. The molecule has 0 unspecified atom stereocenters. The monoisotopic (exact) mass is 219 g/mol. The third-order valence-corrected chi connectivity index (χ3v) is 3.56. The molecule has 5 heteroatoms. The van der Waals surface area contributed by atoms with E-state index >= 15 is 0 Å². The van der Waals surface area contributed by atoms with Gasteiger partial charge in [-0.05, 0) is 43.5 Å². The van der Waals surface area contributed by atoms with Crippen molar-refractivity contribution < 1.29 is 0 Å². The molecule has 5 nitrogen and oxygen atoms in total. The normalized spacial score (nSPS) is 21.8. The molecule has 1 aliphatic heterocycles. The van der Waals surface area contributed by atoms with Gasteiger partial charge < -0.3 is 4.90 Å². The first-order chi connectivity index (χ1) is 7.75. The van der Waals surface area contributed by atoms with Gasteiger partial charge in [0.2, 0.25) is 5.95 Å². The molecule has 1 aromatic heterocycles. The van der Waals surface area contributed by atoms with Crippen molar-refractivity contribution in [2.75, 3.05) is 18.0 Å². The Kier molecular flexibility index (Phi) is 2.19. The first kappa shape index (κ1) is 9.81. The highest BCUT2D eigenvalue weighted by atomic mass is 15.6. The summed E-state index contributed by atoms with van der Waals surface area (Å²) >= 11 is 0. The van der Waals surface area contributed by atoms with E-state index in [-0.39, 0.29) is 0 Å². The molecular formula is C11H17N5. The third-order valence-electron chi connectivity index (χ3n) is 3.56. The molecule has 0 N–H and O–H groups in total. The van der Waals surface area contributed by atoms with Crippen molar-refractivity contribution in [2.24, 2.45) is 0 Å². The van der Waals surface area contributed by atoms with E-state index in [0.717, 1.165) is 25.5 Å². The maximum atomic E-state index is 4.17. The van der Waals surface area contributed by atoms with Gasteiger partial charge in [0.25, 0.3) is 0 Å². The number of aromatic nitrogens is 4. The summed E-state index contributed by atoms with van der Waals surface area (Å²) in [6.07, 6.45) is 3.57. The van der Waals surface area contributed by atoms with Crippen LogP contribution in [0.5, 0.6) is 0 Å². The molecule has 0 amide bonds. The second kappa shape index (κ2) is 3.57. The summed E-state index contributed by atoms with van der Waals surface area (Å²) in [5.74, 6) is 0.953. The Bertz CT molecular complexity index is 429.